The third kappa shape index (κ3) is 6.50. The Morgan fingerprint density at radius 2 is 1.93 bits per heavy atom. The minimum absolute atomic E-state index is 0.190. The molecule has 152 valence electrons. The second kappa shape index (κ2) is 9.55. The number of rotatable bonds is 8. The first-order chi connectivity index (χ1) is 12.7. The molecular weight excluding hydrogens is 362 g/mol. The van der Waals surface area contributed by atoms with Crippen LogP contribution < -0.4 is 9.62 Å². The van der Waals surface area contributed by atoms with Crippen molar-refractivity contribution in [2.24, 2.45) is 5.92 Å². The summed E-state index contributed by atoms with van der Waals surface area (Å²) in [6.07, 6.45) is 4.50. The van der Waals surface area contributed by atoms with Crippen LogP contribution in [0.5, 0.6) is 0 Å². The lowest BCUT2D eigenvalue weighted by Gasteiger charge is -2.30. The van der Waals surface area contributed by atoms with Gasteiger partial charge in [-0.05, 0) is 75.9 Å². The number of aryl methyl sites for hydroxylation is 1. The Hall–Kier alpha value is -1.60. The first kappa shape index (κ1) is 21.7. The van der Waals surface area contributed by atoms with Crippen LogP contribution in [0.25, 0.3) is 0 Å². The molecule has 1 fully saturated rings. The summed E-state index contributed by atoms with van der Waals surface area (Å²) in [6, 6.07) is 5.49. The Morgan fingerprint density at radius 3 is 2.56 bits per heavy atom. The van der Waals surface area contributed by atoms with Gasteiger partial charge in [0, 0.05) is 6.54 Å². The number of nitrogens with one attached hydrogen (secondary N) is 1. The fraction of sp³-hybridized carbons (Fsp3) is 0.650. The molecule has 0 atom stereocenters. The number of sulfonamides is 1. The summed E-state index contributed by atoms with van der Waals surface area (Å²) in [4.78, 5) is 14.8. The minimum Gasteiger partial charge on any atom is -0.354 e. The summed E-state index contributed by atoms with van der Waals surface area (Å²) >= 11 is 0. The van der Waals surface area contributed by atoms with Crippen molar-refractivity contribution in [2.45, 2.75) is 40.0 Å². The third-order valence-corrected chi connectivity index (χ3v) is 6.51. The maximum atomic E-state index is 12.3. The molecular formula is C20H33N3O3S. The van der Waals surface area contributed by atoms with E-state index in [4.69, 9.17) is 0 Å². The SMILES string of the molecule is Cc1cccc(N(CC(=O)NCCCN2CCC(C)CC2)S(C)(=O)=O)c1C. The molecule has 1 aromatic rings. The van der Waals surface area contributed by atoms with E-state index in [2.05, 4.69) is 17.1 Å². The zero-order chi connectivity index (χ0) is 20.0. The number of carbonyl (C=O) groups is 1. The largest absolute Gasteiger partial charge is 0.354 e. The Labute approximate surface area is 164 Å². The molecule has 2 rings (SSSR count). The van der Waals surface area contributed by atoms with Gasteiger partial charge in [-0.15, -0.1) is 0 Å². The van der Waals surface area contributed by atoms with Gasteiger partial charge in [0.2, 0.25) is 15.9 Å². The highest BCUT2D eigenvalue weighted by Crippen LogP contribution is 2.24. The second-order valence-electron chi connectivity index (χ2n) is 7.72. The Bertz CT molecular complexity index is 741. The minimum atomic E-state index is -3.54. The predicted octanol–water partition coefficient (Wildman–Crippen LogP) is 2.31. The molecule has 1 saturated heterocycles. The van der Waals surface area contributed by atoms with Gasteiger partial charge in [0.1, 0.15) is 6.54 Å². The van der Waals surface area contributed by atoms with E-state index in [1.165, 1.54) is 17.1 Å². The number of carbonyl (C=O) groups excluding carboxylic acids is 1. The van der Waals surface area contributed by atoms with E-state index in [9.17, 15) is 13.2 Å². The summed E-state index contributed by atoms with van der Waals surface area (Å²) in [5, 5.41) is 2.87. The van der Waals surface area contributed by atoms with Crippen molar-refractivity contribution in [3.05, 3.63) is 29.3 Å². The lowest BCUT2D eigenvalue weighted by atomic mass is 9.99. The van der Waals surface area contributed by atoms with Gasteiger partial charge >= 0.3 is 0 Å². The number of hydrogen-bond donors (Lipinski definition) is 1. The quantitative estimate of drug-likeness (QED) is 0.686. The van der Waals surface area contributed by atoms with E-state index in [1.54, 1.807) is 6.07 Å². The van der Waals surface area contributed by atoms with Crippen LogP contribution in [-0.4, -0.2) is 58.2 Å². The summed E-state index contributed by atoms with van der Waals surface area (Å²) in [5.41, 5.74) is 2.43. The molecule has 1 aliphatic heterocycles. The van der Waals surface area contributed by atoms with Crippen molar-refractivity contribution in [3.8, 4) is 0 Å². The fourth-order valence-electron chi connectivity index (χ4n) is 3.39. The third-order valence-electron chi connectivity index (χ3n) is 5.38. The monoisotopic (exact) mass is 395 g/mol. The van der Waals surface area contributed by atoms with E-state index in [1.807, 2.05) is 26.0 Å². The maximum Gasteiger partial charge on any atom is 0.240 e. The number of likely N-dealkylation sites (tertiary alicyclic amines) is 1. The summed E-state index contributed by atoms with van der Waals surface area (Å²) in [5.74, 6) is 0.543. The van der Waals surface area contributed by atoms with Crippen molar-refractivity contribution in [1.82, 2.24) is 10.2 Å². The van der Waals surface area contributed by atoms with Crippen LogP contribution in [-0.2, 0) is 14.8 Å². The van der Waals surface area contributed by atoms with Crippen molar-refractivity contribution < 1.29 is 13.2 Å². The molecule has 0 unspecified atom stereocenters. The highest BCUT2D eigenvalue weighted by Gasteiger charge is 2.22. The lowest BCUT2D eigenvalue weighted by Crippen LogP contribution is -2.41. The van der Waals surface area contributed by atoms with Crippen LogP contribution in [0, 0.1) is 19.8 Å². The van der Waals surface area contributed by atoms with Crippen LogP contribution in [0.1, 0.15) is 37.3 Å². The van der Waals surface area contributed by atoms with Gasteiger partial charge in [-0.2, -0.15) is 0 Å². The van der Waals surface area contributed by atoms with Gasteiger partial charge in [0.25, 0.3) is 0 Å². The smallest absolute Gasteiger partial charge is 0.240 e. The molecule has 0 aliphatic carbocycles. The van der Waals surface area contributed by atoms with E-state index >= 15 is 0 Å². The lowest BCUT2D eigenvalue weighted by molar-refractivity contribution is -0.119. The standard InChI is InChI=1S/C20H33N3O3S/c1-16-9-13-22(14-10-16)12-6-11-21-20(24)15-23(27(4,25)26)19-8-5-7-17(2)18(19)3/h5,7-8,16H,6,9-15H2,1-4H3,(H,21,24). The molecule has 0 aromatic heterocycles. The molecule has 1 aromatic carbocycles. The average molecular weight is 396 g/mol. The molecule has 0 spiro atoms. The predicted molar refractivity (Wildman–Crippen MR) is 111 cm³/mol. The molecule has 27 heavy (non-hydrogen) atoms. The molecule has 1 N–H and O–H groups in total. The highest BCUT2D eigenvalue weighted by atomic mass is 32.2. The first-order valence-corrected chi connectivity index (χ1v) is 11.6. The van der Waals surface area contributed by atoms with Crippen LogP contribution in [0.4, 0.5) is 5.69 Å². The highest BCUT2D eigenvalue weighted by molar-refractivity contribution is 7.92. The topological polar surface area (TPSA) is 69.7 Å². The van der Waals surface area contributed by atoms with Gasteiger partial charge < -0.3 is 10.2 Å². The summed E-state index contributed by atoms with van der Waals surface area (Å²) in [6.45, 7) is 9.70. The Balaban J connectivity index is 1.86. The fourth-order valence-corrected chi connectivity index (χ4v) is 4.30. The molecule has 0 bridgehead atoms. The van der Waals surface area contributed by atoms with Crippen LogP contribution >= 0.6 is 0 Å². The van der Waals surface area contributed by atoms with Gasteiger partial charge in [-0.25, -0.2) is 8.42 Å². The zero-order valence-electron chi connectivity index (χ0n) is 17.0. The molecule has 1 heterocycles. The van der Waals surface area contributed by atoms with Crippen molar-refractivity contribution >= 4 is 21.6 Å². The number of hydrogen-bond acceptors (Lipinski definition) is 4. The number of benzene rings is 1. The maximum absolute atomic E-state index is 12.3. The first-order valence-electron chi connectivity index (χ1n) is 9.71. The molecule has 1 amide bonds. The van der Waals surface area contributed by atoms with Crippen LogP contribution in [0.15, 0.2) is 18.2 Å². The second-order valence-corrected chi connectivity index (χ2v) is 9.62. The number of anilines is 1. The normalized spacial score (nSPS) is 16.3. The number of piperidine rings is 1. The molecule has 7 heteroatoms. The van der Waals surface area contributed by atoms with Gasteiger partial charge in [0.15, 0.2) is 0 Å². The van der Waals surface area contributed by atoms with E-state index in [-0.39, 0.29) is 12.5 Å². The van der Waals surface area contributed by atoms with Gasteiger partial charge in [-0.1, -0.05) is 19.1 Å². The van der Waals surface area contributed by atoms with E-state index in [0.29, 0.717) is 12.2 Å². The number of nitrogens with zero attached hydrogens (tertiary/aromatic N) is 2. The van der Waals surface area contributed by atoms with E-state index < -0.39 is 10.0 Å². The summed E-state index contributed by atoms with van der Waals surface area (Å²) in [7, 11) is -3.54. The van der Waals surface area contributed by atoms with Crippen molar-refractivity contribution in [3.63, 3.8) is 0 Å². The van der Waals surface area contributed by atoms with Gasteiger partial charge in [-0.3, -0.25) is 9.10 Å². The van der Waals surface area contributed by atoms with Gasteiger partial charge in [0.05, 0.1) is 11.9 Å². The Kier molecular flexibility index (Phi) is 7.68. The summed E-state index contributed by atoms with van der Waals surface area (Å²) < 4.78 is 25.7. The van der Waals surface area contributed by atoms with Crippen LogP contribution in [0.2, 0.25) is 0 Å². The molecule has 0 saturated carbocycles. The molecule has 0 radical (unpaired) electrons. The number of amides is 1. The van der Waals surface area contributed by atoms with Crippen molar-refractivity contribution in [1.29, 1.82) is 0 Å². The molecule has 1 aliphatic rings. The Morgan fingerprint density at radius 1 is 1.26 bits per heavy atom. The zero-order valence-corrected chi connectivity index (χ0v) is 17.8. The molecule has 6 nitrogen and oxygen atoms in total. The van der Waals surface area contributed by atoms with Crippen LogP contribution in [0.3, 0.4) is 0 Å². The van der Waals surface area contributed by atoms with E-state index in [0.717, 1.165) is 49.4 Å². The average Bonchev–Trinajstić information content (AvgIpc) is 2.60. The van der Waals surface area contributed by atoms with Crippen molar-refractivity contribution in [2.75, 3.05) is 43.3 Å².